The van der Waals surface area contributed by atoms with Gasteiger partial charge in [-0.25, -0.2) is 4.98 Å². The summed E-state index contributed by atoms with van der Waals surface area (Å²) in [7, 11) is 0. The Balaban J connectivity index is 1.78. The molecule has 0 fully saturated rings. The minimum atomic E-state index is -0.322. The predicted octanol–water partition coefficient (Wildman–Crippen LogP) is 4.27. The third-order valence-electron chi connectivity index (χ3n) is 4.39. The van der Waals surface area contributed by atoms with Crippen LogP contribution in [0.5, 0.6) is 0 Å². The van der Waals surface area contributed by atoms with Crippen LogP contribution in [-0.4, -0.2) is 15.4 Å². The highest BCUT2D eigenvalue weighted by atomic mass is 35.5. The van der Waals surface area contributed by atoms with E-state index in [-0.39, 0.29) is 11.1 Å². The van der Waals surface area contributed by atoms with E-state index in [1.54, 1.807) is 28.8 Å². The molecule has 3 aromatic rings. The van der Waals surface area contributed by atoms with Crippen molar-refractivity contribution in [3.05, 3.63) is 75.0 Å². The van der Waals surface area contributed by atoms with Gasteiger partial charge in [0.1, 0.15) is 18.3 Å². The van der Waals surface area contributed by atoms with Crippen molar-refractivity contribution in [1.29, 1.82) is 5.26 Å². The second-order valence-electron chi connectivity index (χ2n) is 6.26. The van der Waals surface area contributed by atoms with Crippen LogP contribution in [0.1, 0.15) is 11.1 Å². The number of anilines is 1. The van der Waals surface area contributed by atoms with Gasteiger partial charge in [-0.1, -0.05) is 47.6 Å². The average molecular weight is 395 g/mol. The molecule has 0 N–H and O–H groups in total. The lowest BCUT2D eigenvalue weighted by molar-refractivity contribution is 0.560. The second-order valence-corrected chi connectivity index (χ2v) is 7.61. The topological polar surface area (TPSA) is 61.9 Å². The van der Waals surface area contributed by atoms with Gasteiger partial charge in [0.2, 0.25) is 0 Å². The van der Waals surface area contributed by atoms with E-state index in [9.17, 15) is 10.1 Å². The van der Waals surface area contributed by atoms with Crippen LogP contribution in [0.15, 0.2) is 58.5 Å². The van der Waals surface area contributed by atoms with E-state index >= 15 is 0 Å². The molecule has 5 nitrogen and oxygen atoms in total. The second kappa shape index (κ2) is 7.10. The third kappa shape index (κ3) is 3.32. The Labute approximate surface area is 165 Å². The predicted molar refractivity (Wildman–Crippen MR) is 108 cm³/mol. The summed E-state index contributed by atoms with van der Waals surface area (Å²) in [6.45, 7) is 2.40. The molecule has 0 saturated heterocycles. The maximum Gasteiger partial charge on any atom is 0.274 e. The summed E-state index contributed by atoms with van der Waals surface area (Å²) >= 11 is 7.43. The van der Waals surface area contributed by atoms with Gasteiger partial charge in [-0.2, -0.15) is 5.26 Å². The fourth-order valence-corrected chi connectivity index (χ4v) is 4.10. The molecular weight excluding hydrogens is 380 g/mol. The third-order valence-corrected chi connectivity index (χ3v) is 5.65. The Hall–Kier alpha value is -2.75. The number of fused-ring (bicyclic) bond motifs is 1. The van der Waals surface area contributed by atoms with E-state index in [1.807, 2.05) is 31.2 Å². The number of nitrogens with zero attached hydrogens (tertiary/aromatic N) is 4. The highest BCUT2D eigenvalue weighted by molar-refractivity contribution is 7.99. The zero-order valence-electron chi connectivity index (χ0n) is 14.5. The molecule has 2 aromatic carbocycles. The van der Waals surface area contributed by atoms with Crippen molar-refractivity contribution < 1.29 is 0 Å². The standard InChI is InChI=1S/C20H15ClN4OS/c1-13-3-2-4-16(9-13)24-11-25-19(26)17(10-22)18(23-20(25)27-12-24)14-5-7-15(21)8-6-14/h2-9H,11-12H2,1H3. The first-order valence-corrected chi connectivity index (χ1v) is 9.68. The van der Waals surface area contributed by atoms with Crippen LogP contribution in [0.2, 0.25) is 5.02 Å². The van der Waals surface area contributed by atoms with Gasteiger partial charge < -0.3 is 4.90 Å². The lowest BCUT2D eigenvalue weighted by atomic mass is 10.1. The minimum absolute atomic E-state index is 0.0489. The summed E-state index contributed by atoms with van der Waals surface area (Å²) < 4.78 is 1.56. The first-order chi connectivity index (χ1) is 13.1. The monoisotopic (exact) mass is 394 g/mol. The Morgan fingerprint density at radius 3 is 2.70 bits per heavy atom. The number of hydrogen-bond acceptors (Lipinski definition) is 5. The molecule has 2 heterocycles. The van der Waals surface area contributed by atoms with E-state index in [2.05, 4.69) is 16.0 Å². The Kier molecular flexibility index (Phi) is 4.65. The molecule has 4 rings (SSSR count). The quantitative estimate of drug-likeness (QED) is 0.607. The van der Waals surface area contributed by atoms with Crippen LogP contribution >= 0.6 is 23.4 Å². The molecule has 0 aliphatic carbocycles. The smallest absolute Gasteiger partial charge is 0.274 e. The maximum atomic E-state index is 13.0. The van der Waals surface area contributed by atoms with Crippen LogP contribution in [0.4, 0.5) is 5.69 Å². The summed E-state index contributed by atoms with van der Waals surface area (Å²) in [6.07, 6.45) is 0. The van der Waals surface area contributed by atoms with Gasteiger partial charge in [-0.15, -0.1) is 0 Å². The largest absolute Gasteiger partial charge is 0.343 e. The molecule has 0 bridgehead atoms. The van der Waals surface area contributed by atoms with Crippen molar-refractivity contribution in [2.24, 2.45) is 0 Å². The van der Waals surface area contributed by atoms with Gasteiger partial charge in [0, 0.05) is 16.3 Å². The zero-order valence-corrected chi connectivity index (χ0v) is 16.1. The lowest BCUT2D eigenvalue weighted by Crippen LogP contribution is -2.38. The summed E-state index contributed by atoms with van der Waals surface area (Å²) in [5, 5.41) is 10.8. The molecule has 0 amide bonds. The molecule has 1 aliphatic heterocycles. The van der Waals surface area contributed by atoms with E-state index < -0.39 is 0 Å². The molecule has 0 spiro atoms. The van der Waals surface area contributed by atoms with Crippen molar-refractivity contribution in [1.82, 2.24) is 9.55 Å². The Morgan fingerprint density at radius 2 is 2.00 bits per heavy atom. The van der Waals surface area contributed by atoms with Crippen LogP contribution in [0.3, 0.4) is 0 Å². The molecule has 1 aliphatic rings. The summed E-state index contributed by atoms with van der Waals surface area (Å²) in [5.74, 6) is 0.682. The van der Waals surface area contributed by atoms with Gasteiger partial charge >= 0.3 is 0 Å². The van der Waals surface area contributed by atoms with Gasteiger partial charge in [-0.05, 0) is 36.8 Å². The lowest BCUT2D eigenvalue weighted by Gasteiger charge is -2.31. The molecular formula is C20H15ClN4OS. The van der Waals surface area contributed by atoms with Gasteiger partial charge in [0.15, 0.2) is 5.16 Å². The molecule has 0 radical (unpaired) electrons. The summed E-state index contributed by atoms with van der Waals surface area (Å²) in [6, 6.07) is 17.2. The number of rotatable bonds is 2. The maximum absolute atomic E-state index is 13.0. The highest BCUT2D eigenvalue weighted by Gasteiger charge is 2.24. The number of thioether (sulfide) groups is 1. The average Bonchev–Trinajstić information content (AvgIpc) is 2.68. The van der Waals surface area contributed by atoms with Crippen LogP contribution in [0, 0.1) is 18.3 Å². The highest BCUT2D eigenvalue weighted by Crippen LogP contribution is 2.30. The van der Waals surface area contributed by atoms with Crippen molar-refractivity contribution in [3.8, 4) is 17.3 Å². The molecule has 0 saturated carbocycles. The number of hydrogen-bond donors (Lipinski definition) is 0. The summed E-state index contributed by atoms with van der Waals surface area (Å²) in [4.78, 5) is 19.7. The van der Waals surface area contributed by atoms with Crippen molar-refractivity contribution in [3.63, 3.8) is 0 Å². The fourth-order valence-electron chi connectivity index (χ4n) is 3.02. The van der Waals surface area contributed by atoms with Crippen LogP contribution < -0.4 is 10.5 Å². The molecule has 0 atom stereocenters. The van der Waals surface area contributed by atoms with Crippen molar-refractivity contribution in [2.75, 3.05) is 10.8 Å². The molecule has 7 heteroatoms. The fraction of sp³-hybridized carbons (Fsp3) is 0.150. The van der Waals surface area contributed by atoms with Gasteiger partial charge in [0.05, 0.1) is 11.6 Å². The Morgan fingerprint density at radius 1 is 1.22 bits per heavy atom. The minimum Gasteiger partial charge on any atom is -0.343 e. The number of benzene rings is 2. The van der Waals surface area contributed by atoms with Gasteiger partial charge in [0.25, 0.3) is 5.56 Å². The number of aryl methyl sites for hydroxylation is 1. The molecule has 1 aromatic heterocycles. The Bertz CT molecular complexity index is 1120. The first-order valence-electron chi connectivity index (χ1n) is 8.32. The number of nitriles is 1. The van der Waals surface area contributed by atoms with Crippen LogP contribution in [-0.2, 0) is 6.67 Å². The van der Waals surface area contributed by atoms with E-state index in [4.69, 9.17) is 11.6 Å². The van der Waals surface area contributed by atoms with E-state index in [1.165, 1.54) is 11.8 Å². The number of halogens is 1. The van der Waals surface area contributed by atoms with Crippen LogP contribution in [0.25, 0.3) is 11.3 Å². The number of aromatic nitrogens is 2. The summed E-state index contributed by atoms with van der Waals surface area (Å²) in [5.41, 5.74) is 3.04. The molecule has 0 unspecified atom stereocenters. The zero-order chi connectivity index (χ0) is 19.0. The van der Waals surface area contributed by atoms with Gasteiger partial charge in [-0.3, -0.25) is 9.36 Å². The van der Waals surface area contributed by atoms with E-state index in [0.29, 0.717) is 34.0 Å². The molecule has 27 heavy (non-hydrogen) atoms. The molecule has 134 valence electrons. The first kappa shape index (κ1) is 17.7. The van der Waals surface area contributed by atoms with E-state index in [0.717, 1.165) is 11.3 Å². The normalized spacial score (nSPS) is 13.1. The SMILES string of the molecule is Cc1cccc(N2CSc3nc(-c4ccc(Cl)cc4)c(C#N)c(=O)n3C2)c1. The van der Waals surface area contributed by atoms with Crippen molar-refractivity contribution >= 4 is 29.1 Å². The van der Waals surface area contributed by atoms with Crippen molar-refractivity contribution in [2.45, 2.75) is 18.7 Å².